The topological polar surface area (TPSA) is 127 Å². The van der Waals surface area contributed by atoms with Crippen molar-refractivity contribution in [1.82, 2.24) is 9.80 Å². The number of hydrogen-bond acceptors (Lipinski definition) is 10. The van der Waals surface area contributed by atoms with Crippen LogP contribution in [0.4, 0.5) is 34.1 Å². The Labute approximate surface area is 318 Å². The molecule has 0 unspecified atom stereocenters. The molecule has 2 aliphatic heterocycles. The molecule has 2 saturated heterocycles. The Morgan fingerprint density at radius 3 is 2.11 bits per heavy atom. The van der Waals surface area contributed by atoms with Crippen molar-refractivity contribution >= 4 is 54.8 Å². The number of nitrogens with zero attached hydrogens (tertiary/aromatic N) is 2. The highest BCUT2D eigenvalue weighted by Crippen LogP contribution is 2.42. The van der Waals surface area contributed by atoms with Gasteiger partial charge < -0.3 is 34.6 Å². The van der Waals surface area contributed by atoms with Crippen LogP contribution in [0.1, 0.15) is 58.4 Å². The zero-order chi connectivity index (χ0) is 39.9. The third-order valence-corrected chi connectivity index (χ3v) is 11.0. The smallest absolute Gasteiger partial charge is 0.410 e. The van der Waals surface area contributed by atoms with E-state index in [0.29, 0.717) is 41.0 Å². The molecule has 0 radical (unpaired) electrons. The number of alkyl halides is 3. The number of anilines is 2. The summed E-state index contributed by atoms with van der Waals surface area (Å²) >= 11 is 1.13. The van der Waals surface area contributed by atoms with Crippen LogP contribution in [-0.4, -0.2) is 99.4 Å². The zero-order valence-electron chi connectivity index (χ0n) is 31.7. The van der Waals surface area contributed by atoms with E-state index in [1.54, 1.807) is 69.5 Å². The van der Waals surface area contributed by atoms with Gasteiger partial charge in [-0.3, -0.25) is 0 Å². The van der Waals surface area contributed by atoms with Crippen molar-refractivity contribution < 1.29 is 45.4 Å². The number of thiophene rings is 1. The summed E-state index contributed by atoms with van der Waals surface area (Å²) < 4.78 is 83.3. The molecule has 294 valence electrons. The normalized spacial score (nSPS) is 19.1. The monoisotopic (exact) mass is 792 g/mol. The van der Waals surface area contributed by atoms with E-state index in [1.165, 1.54) is 25.3 Å². The number of nitrogens with one attached hydrogen (secondary N) is 2. The van der Waals surface area contributed by atoms with E-state index in [-0.39, 0.29) is 46.6 Å². The van der Waals surface area contributed by atoms with Gasteiger partial charge in [0.05, 0.1) is 51.5 Å². The van der Waals surface area contributed by atoms with Gasteiger partial charge in [-0.05, 0) is 83.0 Å². The fourth-order valence-corrected chi connectivity index (χ4v) is 8.61. The third-order valence-electron chi connectivity index (χ3n) is 8.69. The Bertz CT molecular complexity index is 2040. The predicted octanol–water partition coefficient (Wildman–Crippen LogP) is 7.54. The van der Waals surface area contributed by atoms with Crippen LogP contribution in [0.3, 0.4) is 0 Å². The second-order valence-corrected chi connectivity index (χ2v) is 18.9. The molecule has 0 atom stereocenters. The molecule has 0 saturated carbocycles. The first-order valence-corrected chi connectivity index (χ1v) is 20.1. The van der Waals surface area contributed by atoms with Gasteiger partial charge in [0.2, 0.25) is 0 Å². The van der Waals surface area contributed by atoms with Gasteiger partial charge in [0.25, 0.3) is 0 Å². The van der Waals surface area contributed by atoms with Crippen molar-refractivity contribution in [2.45, 2.75) is 82.2 Å². The minimum atomic E-state index is -4.51. The maximum absolute atomic E-state index is 14.0. The molecule has 1 aromatic heterocycles. The highest BCUT2D eigenvalue weighted by molar-refractivity contribution is 7.90. The van der Waals surface area contributed by atoms with Crippen LogP contribution in [0.5, 0.6) is 5.75 Å². The summed E-state index contributed by atoms with van der Waals surface area (Å²) in [6, 6.07) is 9.45. The van der Waals surface area contributed by atoms with Gasteiger partial charge in [0.1, 0.15) is 17.0 Å². The number of piperidine rings is 2. The van der Waals surface area contributed by atoms with Crippen LogP contribution >= 0.6 is 11.3 Å². The van der Waals surface area contributed by atoms with Crippen molar-refractivity contribution in [3.8, 4) is 17.6 Å². The van der Waals surface area contributed by atoms with Crippen LogP contribution in [-0.2, 0) is 25.7 Å². The van der Waals surface area contributed by atoms with Crippen LogP contribution in [0.2, 0.25) is 0 Å². The van der Waals surface area contributed by atoms with Gasteiger partial charge in [-0.15, -0.1) is 11.3 Å². The molecule has 11 nitrogen and oxygen atoms in total. The van der Waals surface area contributed by atoms with Crippen molar-refractivity contribution in [2.24, 2.45) is 5.92 Å². The highest BCUT2D eigenvalue weighted by Gasteiger charge is 2.49. The van der Waals surface area contributed by atoms with Gasteiger partial charge in [0, 0.05) is 38.5 Å². The number of methoxy groups -OCH3 is 1. The fraction of sp³-hybridized carbons (Fsp3) is 0.526. The molecule has 16 heteroatoms. The van der Waals surface area contributed by atoms with E-state index in [1.807, 2.05) is 0 Å². The molecule has 2 aromatic carbocycles. The summed E-state index contributed by atoms with van der Waals surface area (Å²) in [6.07, 6.45) is -5.00. The quantitative estimate of drug-likeness (QED) is 0.234. The van der Waals surface area contributed by atoms with Crippen LogP contribution in [0, 0.1) is 17.8 Å². The number of benzene rings is 2. The van der Waals surface area contributed by atoms with E-state index in [2.05, 4.69) is 22.5 Å². The van der Waals surface area contributed by atoms with Crippen molar-refractivity contribution in [2.75, 3.05) is 56.7 Å². The lowest BCUT2D eigenvalue weighted by Gasteiger charge is -2.53. The summed E-state index contributed by atoms with van der Waals surface area (Å²) in [4.78, 5) is 30.3. The molecule has 2 aliphatic rings. The molecular formula is C38H47F3N4O7S2. The molecule has 2 amide bonds. The Hall–Kier alpha value is -4.36. The molecule has 2 fully saturated rings. The Balaban J connectivity index is 1.49. The fourth-order valence-electron chi connectivity index (χ4n) is 6.81. The van der Waals surface area contributed by atoms with E-state index >= 15 is 0 Å². The summed E-state index contributed by atoms with van der Waals surface area (Å²) in [7, 11) is -2.07. The lowest BCUT2D eigenvalue weighted by Crippen LogP contribution is -2.68. The lowest BCUT2D eigenvalue weighted by atomic mass is 9.78. The third kappa shape index (κ3) is 10.2. The zero-order valence-corrected chi connectivity index (χ0v) is 33.3. The largest absolute Gasteiger partial charge is 0.495 e. The van der Waals surface area contributed by atoms with Crippen molar-refractivity contribution in [3.63, 3.8) is 0 Å². The maximum Gasteiger partial charge on any atom is 0.410 e. The number of carbonyl (C=O) groups excluding carboxylic acids is 2. The lowest BCUT2D eigenvalue weighted by molar-refractivity contribution is -0.127. The molecule has 0 aliphatic carbocycles. The van der Waals surface area contributed by atoms with Gasteiger partial charge in [-0.2, -0.15) is 13.2 Å². The Morgan fingerprint density at radius 1 is 0.963 bits per heavy atom. The van der Waals surface area contributed by atoms with E-state index in [0.717, 1.165) is 17.6 Å². The molecule has 2 N–H and O–H groups in total. The average molecular weight is 793 g/mol. The van der Waals surface area contributed by atoms with Crippen LogP contribution in [0.15, 0.2) is 41.3 Å². The SMILES string of the molecule is COc1cc(S(C)(=O)=O)ccc1NCC#Cc1sc2c(NC34CC(CN(C(=O)OC(C)(C)C)C3)CN(C(=O)OC(C)(C)C)C4)cccc2c1CC(F)(F)F. The number of hydrogen-bond donors (Lipinski definition) is 2. The average Bonchev–Trinajstić information content (AvgIpc) is 3.36. The number of rotatable bonds is 7. The molecular weight excluding hydrogens is 746 g/mol. The van der Waals surface area contributed by atoms with E-state index < -0.39 is 51.4 Å². The van der Waals surface area contributed by atoms with Crippen molar-refractivity contribution in [3.05, 3.63) is 46.8 Å². The standard InChI is InChI=1S/C38H47F3N4O7S2/c1-35(2,3)51-33(46)44-20-24-18-37(22-44,23-45(21-24)34(47)52-36(4,5)6)43-29-12-9-11-26-27(19-38(39,40)41)31(53-32(26)29)13-10-16-42-28-15-14-25(54(8,48)49)17-30(28)50-7/h9,11-12,14-15,17,24,42-43H,16,18-23H2,1-8H3. The van der Waals surface area contributed by atoms with Gasteiger partial charge in [-0.25, -0.2) is 18.0 Å². The number of carbonyl (C=O) groups is 2. The Morgan fingerprint density at radius 2 is 1.57 bits per heavy atom. The summed E-state index contributed by atoms with van der Waals surface area (Å²) in [6.45, 7) is 11.8. The molecule has 3 heterocycles. The Kier molecular flexibility index (Phi) is 11.4. The number of sulfone groups is 1. The first-order valence-electron chi connectivity index (χ1n) is 17.4. The van der Waals surface area contributed by atoms with Gasteiger partial charge in [-0.1, -0.05) is 24.0 Å². The number of amides is 2. The van der Waals surface area contributed by atoms with Crippen LogP contribution in [0.25, 0.3) is 10.1 Å². The molecule has 3 aromatic rings. The first kappa shape index (κ1) is 40.8. The predicted molar refractivity (Wildman–Crippen MR) is 203 cm³/mol. The number of ether oxygens (including phenoxy) is 3. The van der Waals surface area contributed by atoms with Crippen LogP contribution < -0.4 is 15.4 Å². The van der Waals surface area contributed by atoms with Crippen molar-refractivity contribution in [1.29, 1.82) is 0 Å². The number of likely N-dealkylation sites (tertiary alicyclic amines) is 2. The second-order valence-electron chi connectivity index (χ2n) is 15.9. The number of halogens is 3. The minimum Gasteiger partial charge on any atom is -0.495 e. The minimum absolute atomic E-state index is 0.0326. The van der Waals surface area contributed by atoms with Gasteiger partial charge in [0.15, 0.2) is 9.84 Å². The summed E-state index contributed by atoms with van der Waals surface area (Å²) in [5, 5.41) is 7.04. The van der Waals surface area contributed by atoms with Gasteiger partial charge >= 0.3 is 18.4 Å². The summed E-state index contributed by atoms with van der Waals surface area (Å²) in [5.74, 6) is 5.99. The molecule has 5 rings (SSSR count). The van der Waals surface area contributed by atoms with E-state index in [4.69, 9.17) is 14.2 Å². The summed E-state index contributed by atoms with van der Waals surface area (Å²) in [5.41, 5.74) is -1.27. The molecule has 54 heavy (non-hydrogen) atoms. The second kappa shape index (κ2) is 15.1. The maximum atomic E-state index is 14.0. The number of fused-ring (bicyclic) bond motifs is 3. The first-order chi connectivity index (χ1) is 24.9. The highest BCUT2D eigenvalue weighted by atomic mass is 32.2. The molecule has 0 spiro atoms. The van der Waals surface area contributed by atoms with E-state index in [9.17, 15) is 31.2 Å². The molecule has 2 bridgehead atoms.